The van der Waals surface area contributed by atoms with Gasteiger partial charge in [0.1, 0.15) is 5.15 Å². The molecule has 3 nitrogen and oxygen atoms in total. The summed E-state index contributed by atoms with van der Waals surface area (Å²) in [5, 5.41) is 12.8. The van der Waals surface area contributed by atoms with Crippen LogP contribution in [0.25, 0.3) is 0 Å². The largest absolute Gasteiger partial charge is 0.394 e. The summed E-state index contributed by atoms with van der Waals surface area (Å²) in [5.41, 5.74) is 0.910. The summed E-state index contributed by atoms with van der Waals surface area (Å²) >= 11 is 5.81. The van der Waals surface area contributed by atoms with E-state index in [2.05, 4.69) is 10.3 Å². The summed E-state index contributed by atoms with van der Waals surface area (Å²) < 4.78 is 39.6. The molecule has 0 fully saturated rings. The van der Waals surface area contributed by atoms with Crippen LogP contribution < -0.4 is 5.32 Å². The summed E-state index contributed by atoms with van der Waals surface area (Å²) in [6.45, 7) is 1.39. The van der Waals surface area contributed by atoms with Gasteiger partial charge in [-0.25, -0.2) is 18.2 Å². The molecule has 2 N–H and O–H groups in total. The molecule has 0 spiro atoms. The van der Waals surface area contributed by atoms with Crippen LogP contribution in [0.1, 0.15) is 30.1 Å². The maximum absolute atomic E-state index is 13.3. The van der Waals surface area contributed by atoms with Crippen molar-refractivity contribution in [3.05, 3.63) is 64.2 Å². The van der Waals surface area contributed by atoms with E-state index in [4.69, 9.17) is 11.6 Å². The number of rotatable bonds is 5. The van der Waals surface area contributed by atoms with Gasteiger partial charge in [-0.1, -0.05) is 11.6 Å². The second kappa shape index (κ2) is 7.09. The van der Waals surface area contributed by atoms with Crippen molar-refractivity contribution in [2.75, 3.05) is 6.61 Å². The van der Waals surface area contributed by atoms with Crippen LogP contribution in [0.5, 0.6) is 0 Å². The van der Waals surface area contributed by atoms with E-state index in [0.29, 0.717) is 5.15 Å². The van der Waals surface area contributed by atoms with Crippen molar-refractivity contribution in [1.82, 2.24) is 10.3 Å². The van der Waals surface area contributed by atoms with Crippen LogP contribution in [-0.4, -0.2) is 16.7 Å². The van der Waals surface area contributed by atoms with Gasteiger partial charge in [0.05, 0.1) is 12.6 Å². The molecule has 0 radical (unpaired) electrons. The van der Waals surface area contributed by atoms with Crippen molar-refractivity contribution in [2.45, 2.75) is 19.0 Å². The minimum absolute atomic E-state index is 0.117. The van der Waals surface area contributed by atoms with Gasteiger partial charge in [-0.2, -0.15) is 0 Å². The van der Waals surface area contributed by atoms with E-state index in [9.17, 15) is 18.3 Å². The number of pyridine rings is 1. The lowest BCUT2D eigenvalue weighted by Crippen LogP contribution is -2.27. The van der Waals surface area contributed by atoms with E-state index in [1.165, 1.54) is 6.20 Å². The Labute approximate surface area is 130 Å². The van der Waals surface area contributed by atoms with Gasteiger partial charge in [0.15, 0.2) is 17.5 Å². The molecule has 0 bridgehead atoms. The lowest BCUT2D eigenvalue weighted by Gasteiger charge is -2.22. The number of aliphatic hydroxyl groups is 1. The Morgan fingerprint density at radius 2 is 1.82 bits per heavy atom. The lowest BCUT2D eigenvalue weighted by molar-refractivity contribution is 0.234. The lowest BCUT2D eigenvalue weighted by atomic mass is 10.0. The molecule has 118 valence electrons. The first kappa shape index (κ1) is 16.7. The van der Waals surface area contributed by atoms with Crippen LogP contribution in [0.4, 0.5) is 13.2 Å². The number of halogens is 4. The minimum atomic E-state index is -1.53. The molecule has 2 aromatic rings. The van der Waals surface area contributed by atoms with Gasteiger partial charge in [-0.3, -0.25) is 0 Å². The smallest absolute Gasteiger partial charge is 0.194 e. The fraction of sp³-hybridized carbons (Fsp3) is 0.267. The van der Waals surface area contributed by atoms with Gasteiger partial charge < -0.3 is 10.4 Å². The summed E-state index contributed by atoms with van der Waals surface area (Å²) in [4.78, 5) is 3.86. The molecule has 2 atom stereocenters. The highest BCUT2D eigenvalue weighted by molar-refractivity contribution is 6.29. The molecule has 2 unspecified atom stereocenters. The second-order valence-corrected chi connectivity index (χ2v) is 5.22. The topological polar surface area (TPSA) is 45.1 Å². The highest BCUT2D eigenvalue weighted by Gasteiger charge is 2.19. The quantitative estimate of drug-likeness (QED) is 0.651. The molecule has 7 heteroatoms. The van der Waals surface area contributed by atoms with Crippen molar-refractivity contribution in [3.63, 3.8) is 0 Å². The zero-order valence-corrected chi connectivity index (χ0v) is 12.4. The van der Waals surface area contributed by atoms with Gasteiger partial charge in [0.25, 0.3) is 0 Å². The molecular formula is C15H14ClF3N2O. The molecule has 1 aromatic heterocycles. The third kappa shape index (κ3) is 3.76. The fourth-order valence-electron chi connectivity index (χ4n) is 2.12. The number of nitrogens with one attached hydrogen (secondary N) is 1. The van der Waals surface area contributed by atoms with Crippen molar-refractivity contribution in [3.8, 4) is 0 Å². The van der Waals surface area contributed by atoms with Gasteiger partial charge in [-0.15, -0.1) is 0 Å². The Bertz CT molecular complexity index is 646. The Balaban J connectivity index is 2.22. The van der Waals surface area contributed by atoms with E-state index in [1.807, 2.05) is 0 Å². The molecule has 0 amide bonds. The van der Waals surface area contributed by atoms with Crippen LogP contribution in [0, 0.1) is 17.5 Å². The molecule has 0 saturated carbocycles. The van der Waals surface area contributed by atoms with Gasteiger partial charge in [0.2, 0.25) is 0 Å². The standard InChI is InChI=1S/C15H14ClF3N2O/c1-8(9-2-3-20-14(16)6-9)21-13(7-22)10-4-11(17)15(19)12(18)5-10/h2-6,8,13,21-22H,7H2,1H3. The number of benzene rings is 1. The average molecular weight is 331 g/mol. The third-order valence-corrected chi connectivity index (χ3v) is 3.50. The molecular weight excluding hydrogens is 317 g/mol. The highest BCUT2D eigenvalue weighted by Crippen LogP contribution is 2.23. The first-order valence-corrected chi connectivity index (χ1v) is 6.93. The highest BCUT2D eigenvalue weighted by atomic mass is 35.5. The van der Waals surface area contributed by atoms with E-state index < -0.39 is 30.1 Å². The normalized spacial score (nSPS) is 13.9. The molecule has 0 aliphatic heterocycles. The van der Waals surface area contributed by atoms with Crippen LogP contribution in [0.15, 0.2) is 30.5 Å². The first-order valence-electron chi connectivity index (χ1n) is 6.55. The molecule has 2 rings (SSSR count). The molecule has 1 heterocycles. The number of hydrogen-bond donors (Lipinski definition) is 2. The maximum atomic E-state index is 13.3. The SMILES string of the molecule is CC(NC(CO)c1cc(F)c(F)c(F)c1)c1ccnc(Cl)c1. The van der Waals surface area contributed by atoms with Gasteiger partial charge in [-0.05, 0) is 42.3 Å². The number of nitrogens with zero attached hydrogens (tertiary/aromatic N) is 1. The Hall–Kier alpha value is -1.63. The zero-order chi connectivity index (χ0) is 16.3. The average Bonchev–Trinajstić information content (AvgIpc) is 2.49. The van der Waals surface area contributed by atoms with Gasteiger partial charge >= 0.3 is 0 Å². The monoisotopic (exact) mass is 330 g/mol. The van der Waals surface area contributed by atoms with E-state index >= 15 is 0 Å². The summed E-state index contributed by atoms with van der Waals surface area (Å²) in [6, 6.07) is 4.06. The third-order valence-electron chi connectivity index (χ3n) is 3.29. The fourth-order valence-corrected chi connectivity index (χ4v) is 2.30. The van der Waals surface area contributed by atoms with E-state index in [1.54, 1.807) is 19.1 Å². The summed E-state index contributed by atoms with van der Waals surface area (Å²) in [5.74, 6) is -4.13. The summed E-state index contributed by atoms with van der Waals surface area (Å²) in [6.07, 6.45) is 1.53. The van der Waals surface area contributed by atoms with Crippen LogP contribution >= 0.6 is 11.6 Å². The second-order valence-electron chi connectivity index (χ2n) is 4.83. The Kier molecular flexibility index (Phi) is 5.39. The Morgan fingerprint density at radius 3 is 2.36 bits per heavy atom. The molecule has 0 aliphatic carbocycles. The molecule has 22 heavy (non-hydrogen) atoms. The van der Waals surface area contributed by atoms with Gasteiger partial charge in [0, 0.05) is 12.2 Å². The molecule has 0 saturated heterocycles. The van der Waals surface area contributed by atoms with Crippen LogP contribution in [0.2, 0.25) is 5.15 Å². The van der Waals surface area contributed by atoms with Crippen LogP contribution in [-0.2, 0) is 0 Å². The van der Waals surface area contributed by atoms with Crippen molar-refractivity contribution in [1.29, 1.82) is 0 Å². The Morgan fingerprint density at radius 1 is 1.18 bits per heavy atom. The van der Waals surface area contributed by atoms with E-state index in [-0.39, 0.29) is 11.6 Å². The molecule has 1 aromatic carbocycles. The maximum Gasteiger partial charge on any atom is 0.194 e. The number of aromatic nitrogens is 1. The predicted molar refractivity (Wildman–Crippen MR) is 76.9 cm³/mol. The van der Waals surface area contributed by atoms with Crippen molar-refractivity contribution in [2.24, 2.45) is 0 Å². The van der Waals surface area contributed by atoms with Crippen molar-refractivity contribution >= 4 is 11.6 Å². The predicted octanol–water partition coefficient (Wildman–Crippen LogP) is 3.54. The summed E-state index contributed by atoms with van der Waals surface area (Å²) in [7, 11) is 0. The minimum Gasteiger partial charge on any atom is -0.394 e. The first-order chi connectivity index (χ1) is 10.4. The number of hydrogen-bond acceptors (Lipinski definition) is 3. The van der Waals surface area contributed by atoms with Crippen molar-refractivity contribution < 1.29 is 18.3 Å². The zero-order valence-electron chi connectivity index (χ0n) is 11.7. The van der Waals surface area contributed by atoms with E-state index in [0.717, 1.165) is 17.7 Å². The van der Waals surface area contributed by atoms with Crippen LogP contribution in [0.3, 0.4) is 0 Å². The number of aliphatic hydroxyl groups excluding tert-OH is 1. The molecule has 0 aliphatic rings.